The van der Waals surface area contributed by atoms with Gasteiger partial charge in [0, 0.05) is 17.5 Å². The smallest absolute Gasteiger partial charge is 0.103 e. The van der Waals surface area contributed by atoms with Crippen LogP contribution in [0.1, 0.15) is 23.7 Å². The summed E-state index contributed by atoms with van der Waals surface area (Å²) >= 11 is 0. The summed E-state index contributed by atoms with van der Waals surface area (Å²) in [6.45, 7) is 4.33. The summed E-state index contributed by atoms with van der Waals surface area (Å²) in [5.74, 6) is 0. The average Bonchev–Trinajstić information content (AvgIpc) is 2.23. The van der Waals surface area contributed by atoms with Crippen molar-refractivity contribution in [1.29, 1.82) is 5.26 Å². The van der Waals surface area contributed by atoms with E-state index in [2.05, 4.69) is 4.98 Å². The molecule has 78 valence electrons. The molecule has 0 aromatic carbocycles. The molecule has 4 heteroatoms. The molecule has 0 aliphatic rings. The molecule has 1 rings (SSSR count). The van der Waals surface area contributed by atoms with Crippen molar-refractivity contribution in [2.24, 2.45) is 0 Å². The fraction of sp³-hybridized carbons (Fsp3) is 0.273. The first-order chi connectivity index (χ1) is 7.20. The number of nitrogens with two attached hydrogens (primary N) is 1. The van der Waals surface area contributed by atoms with Crippen LogP contribution in [0.2, 0.25) is 0 Å². The summed E-state index contributed by atoms with van der Waals surface area (Å²) in [4.78, 5) is 4.08. The van der Waals surface area contributed by atoms with Gasteiger partial charge in [0.15, 0.2) is 0 Å². The lowest BCUT2D eigenvalue weighted by molar-refractivity contribution is 0.272. The number of nitrogens with zero attached hydrogens (tertiary/aromatic N) is 2. The van der Waals surface area contributed by atoms with Gasteiger partial charge in [-0.2, -0.15) is 5.26 Å². The molecule has 1 heterocycles. The van der Waals surface area contributed by atoms with E-state index in [0.29, 0.717) is 17.9 Å². The van der Waals surface area contributed by atoms with Crippen molar-refractivity contribution < 1.29 is 4.74 Å². The maximum atomic E-state index is 8.78. The van der Waals surface area contributed by atoms with E-state index >= 15 is 0 Å². The highest BCUT2D eigenvalue weighted by atomic mass is 16.5. The van der Waals surface area contributed by atoms with Crippen LogP contribution in [0.3, 0.4) is 0 Å². The summed E-state index contributed by atoms with van der Waals surface area (Å²) in [6.07, 6.45) is 4.76. The van der Waals surface area contributed by atoms with Crippen LogP contribution in [-0.4, -0.2) is 11.6 Å². The Balaban J connectivity index is 3.11. The van der Waals surface area contributed by atoms with Crippen molar-refractivity contribution in [3.05, 3.63) is 29.3 Å². The highest BCUT2D eigenvalue weighted by molar-refractivity contribution is 5.70. The Labute approximate surface area is 89.0 Å². The third-order valence-corrected chi connectivity index (χ3v) is 1.98. The molecular weight excluding hydrogens is 190 g/mol. The van der Waals surface area contributed by atoms with Gasteiger partial charge in [-0.3, -0.25) is 4.98 Å². The lowest BCUT2D eigenvalue weighted by atomic mass is 10.1. The van der Waals surface area contributed by atoms with Crippen molar-refractivity contribution >= 4 is 11.8 Å². The van der Waals surface area contributed by atoms with Crippen molar-refractivity contribution in [2.45, 2.75) is 13.8 Å². The molecule has 0 unspecified atom stereocenters. The third kappa shape index (κ3) is 2.47. The number of hydrogen-bond acceptors (Lipinski definition) is 4. The minimum absolute atomic E-state index is 0.386. The number of anilines is 1. The van der Waals surface area contributed by atoms with Gasteiger partial charge in [-0.15, -0.1) is 0 Å². The zero-order valence-electron chi connectivity index (χ0n) is 8.82. The maximum Gasteiger partial charge on any atom is 0.103 e. The summed E-state index contributed by atoms with van der Waals surface area (Å²) in [5.41, 5.74) is 8.16. The lowest BCUT2D eigenvalue weighted by Gasteiger charge is -2.05. The fourth-order valence-corrected chi connectivity index (χ4v) is 1.15. The van der Waals surface area contributed by atoms with E-state index in [1.54, 1.807) is 12.3 Å². The van der Waals surface area contributed by atoms with Gasteiger partial charge in [-0.1, -0.05) is 0 Å². The third-order valence-electron chi connectivity index (χ3n) is 1.98. The van der Waals surface area contributed by atoms with Gasteiger partial charge in [0.05, 0.1) is 24.1 Å². The fourth-order valence-electron chi connectivity index (χ4n) is 1.15. The van der Waals surface area contributed by atoms with Crippen LogP contribution in [0.5, 0.6) is 0 Å². The molecule has 1 aromatic heterocycles. The van der Waals surface area contributed by atoms with Crippen LogP contribution in [0.15, 0.2) is 12.5 Å². The predicted molar refractivity (Wildman–Crippen MR) is 58.8 cm³/mol. The number of nitriles is 1. The van der Waals surface area contributed by atoms with E-state index in [1.807, 2.05) is 19.9 Å². The molecule has 1 aromatic rings. The maximum absolute atomic E-state index is 8.78. The quantitative estimate of drug-likeness (QED) is 0.761. The molecular formula is C11H13N3O. The molecule has 0 radical (unpaired) electrons. The first-order valence-electron chi connectivity index (χ1n) is 4.64. The summed E-state index contributed by atoms with van der Waals surface area (Å²) in [6, 6.07) is 1.99. The van der Waals surface area contributed by atoms with Crippen LogP contribution >= 0.6 is 0 Å². The van der Waals surface area contributed by atoms with Crippen LogP contribution in [-0.2, 0) is 4.74 Å². The summed E-state index contributed by atoms with van der Waals surface area (Å²) < 4.78 is 5.07. The molecule has 2 N–H and O–H groups in total. The lowest BCUT2D eigenvalue weighted by Crippen LogP contribution is -1.99. The number of rotatable bonds is 3. The number of aryl methyl sites for hydroxylation is 1. The van der Waals surface area contributed by atoms with Crippen LogP contribution in [0.25, 0.3) is 6.08 Å². The van der Waals surface area contributed by atoms with Gasteiger partial charge < -0.3 is 10.5 Å². The van der Waals surface area contributed by atoms with Crippen LogP contribution < -0.4 is 5.73 Å². The van der Waals surface area contributed by atoms with Gasteiger partial charge >= 0.3 is 0 Å². The molecule has 0 saturated carbocycles. The second-order valence-electron chi connectivity index (χ2n) is 2.95. The van der Waals surface area contributed by atoms with Gasteiger partial charge in [-0.05, 0) is 19.9 Å². The minimum Gasteiger partial charge on any atom is -0.501 e. The average molecular weight is 203 g/mol. The van der Waals surface area contributed by atoms with E-state index in [-0.39, 0.29) is 0 Å². The molecule has 0 fully saturated rings. The SMILES string of the molecule is CCO/C=C/c1c(C)ncc(C#N)c1N. The van der Waals surface area contributed by atoms with Crippen LogP contribution in [0, 0.1) is 18.3 Å². The Morgan fingerprint density at radius 3 is 3.00 bits per heavy atom. The topological polar surface area (TPSA) is 71.9 Å². The van der Waals surface area contributed by atoms with E-state index < -0.39 is 0 Å². The molecule has 0 spiro atoms. The second kappa shape index (κ2) is 5.01. The highest BCUT2D eigenvalue weighted by Gasteiger charge is 2.06. The van der Waals surface area contributed by atoms with Crippen molar-refractivity contribution in [2.75, 3.05) is 12.3 Å². The van der Waals surface area contributed by atoms with Crippen LogP contribution in [0.4, 0.5) is 5.69 Å². The molecule has 0 bridgehead atoms. The number of ether oxygens (including phenoxy) is 1. The number of nitrogen functional groups attached to an aromatic ring is 1. The van der Waals surface area contributed by atoms with Gasteiger partial charge in [0.1, 0.15) is 6.07 Å². The monoisotopic (exact) mass is 203 g/mol. The predicted octanol–water partition coefficient (Wildman–Crippen LogP) is 1.85. The van der Waals surface area contributed by atoms with E-state index in [4.69, 9.17) is 15.7 Å². The van der Waals surface area contributed by atoms with E-state index in [0.717, 1.165) is 11.3 Å². The summed E-state index contributed by atoms with van der Waals surface area (Å²) in [7, 11) is 0. The Hall–Kier alpha value is -2.02. The molecule has 0 amide bonds. The Morgan fingerprint density at radius 1 is 1.67 bits per heavy atom. The second-order valence-corrected chi connectivity index (χ2v) is 2.95. The largest absolute Gasteiger partial charge is 0.501 e. The molecule has 0 aliphatic heterocycles. The normalized spacial score (nSPS) is 10.2. The molecule has 0 saturated heterocycles. The van der Waals surface area contributed by atoms with Gasteiger partial charge in [0.2, 0.25) is 0 Å². The molecule has 0 aliphatic carbocycles. The Bertz CT molecular complexity index is 419. The zero-order valence-corrected chi connectivity index (χ0v) is 8.82. The minimum atomic E-state index is 0.386. The molecule has 15 heavy (non-hydrogen) atoms. The van der Waals surface area contributed by atoms with Crippen molar-refractivity contribution in [1.82, 2.24) is 4.98 Å². The molecule has 4 nitrogen and oxygen atoms in total. The van der Waals surface area contributed by atoms with Gasteiger partial charge in [0.25, 0.3) is 0 Å². The van der Waals surface area contributed by atoms with Crippen molar-refractivity contribution in [3.8, 4) is 6.07 Å². The Kier molecular flexibility index (Phi) is 3.69. The number of pyridine rings is 1. The zero-order chi connectivity index (χ0) is 11.3. The number of aromatic nitrogens is 1. The van der Waals surface area contributed by atoms with E-state index in [9.17, 15) is 0 Å². The first kappa shape index (κ1) is 11.1. The highest BCUT2D eigenvalue weighted by Crippen LogP contribution is 2.20. The van der Waals surface area contributed by atoms with Crippen molar-refractivity contribution in [3.63, 3.8) is 0 Å². The van der Waals surface area contributed by atoms with Gasteiger partial charge in [-0.25, -0.2) is 0 Å². The summed E-state index contributed by atoms with van der Waals surface area (Å²) in [5, 5.41) is 8.78. The standard InChI is InChI=1S/C11H13N3O/c1-3-15-5-4-10-8(2)14-7-9(6-12)11(10)13/h4-5,7H,3H2,1-2H3,(H2,13,14)/b5-4+. The Morgan fingerprint density at radius 2 is 2.40 bits per heavy atom. The molecule has 0 atom stereocenters. The first-order valence-corrected chi connectivity index (χ1v) is 4.64. The number of hydrogen-bond donors (Lipinski definition) is 1. The van der Waals surface area contributed by atoms with E-state index in [1.165, 1.54) is 6.20 Å².